The number of anilines is 2. The van der Waals surface area contributed by atoms with Crippen molar-refractivity contribution in [1.82, 2.24) is 30.0 Å². The van der Waals surface area contributed by atoms with E-state index >= 15 is 0 Å². The fraction of sp³-hybridized carbons (Fsp3) is 0.500. The van der Waals surface area contributed by atoms with Crippen molar-refractivity contribution < 1.29 is 0 Å². The van der Waals surface area contributed by atoms with Crippen molar-refractivity contribution in [3.05, 3.63) is 52.7 Å². The molecule has 3 aromatic rings. The molecule has 30 heavy (non-hydrogen) atoms. The lowest BCUT2D eigenvalue weighted by Crippen LogP contribution is -2.34. The Morgan fingerprint density at radius 3 is 2.57 bits per heavy atom. The van der Waals surface area contributed by atoms with Crippen LogP contribution >= 0.6 is 11.3 Å². The number of hydrogen-bond donors (Lipinski definition) is 1. The zero-order valence-electron chi connectivity index (χ0n) is 17.7. The molecule has 8 heteroatoms. The van der Waals surface area contributed by atoms with Gasteiger partial charge in [0.2, 0.25) is 5.13 Å². The molecule has 4 heterocycles. The number of nitrogens with zero attached hydrogens (tertiary/aromatic N) is 6. The molecule has 1 aliphatic heterocycles. The lowest BCUT2D eigenvalue weighted by Gasteiger charge is -2.31. The Bertz CT molecular complexity index is 933. The third-order valence-corrected chi connectivity index (χ3v) is 6.48. The molecule has 4 rings (SSSR count). The maximum atomic E-state index is 4.80. The van der Waals surface area contributed by atoms with Crippen LogP contribution in [0.4, 0.5) is 10.9 Å². The molecule has 158 valence electrons. The van der Waals surface area contributed by atoms with Gasteiger partial charge in [-0.15, -0.1) is 10.2 Å². The van der Waals surface area contributed by atoms with Crippen LogP contribution < -0.4 is 5.32 Å². The van der Waals surface area contributed by atoms with Gasteiger partial charge in [-0.3, -0.25) is 4.90 Å². The molecule has 0 spiro atoms. The van der Waals surface area contributed by atoms with E-state index in [-0.39, 0.29) is 0 Å². The van der Waals surface area contributed by atoms with Crippen LogP contribution in [0.1, 0.15) is 48.8 Å². The van der Waals surface area contributed by atoms with Crippen LogP contribution in [0, 0.1) is 5.92 Å². The summed E-state index contributed by atoms with van der Waals surface area (Å²) >= 11 is 1.58. The molecule has 1 N–H and O–H groups in total. The van der Waals surface area contributed by atoms with E-state index in [0.29, 0.717) is 5.92 Å². The average molecular weight is 424 g/mol. The van der Waals surface area contributed by atoms with Gasteiger partial charge in [0.05, 0.1) is 0 Å². The normalized spacial score (nSPS) is 15.4. The molecule has 7 nitrogen and oxygen atoms in total. The highest BCUT2D eigenvalue weighted by Crippen LogP contribution is 2.24. The molecular weight excluding hydrogens is 394 g/mol. The van der Waals surface area contributed by atoms with Gasteiger partial charge in [-0.05, 0) is 56.8 Å². The second kappa shape index (κ2) is 10.0. The van der Waals surface area contributed by atoms with Gasteiger partial charge >= 0.3 is 0 Å². The highest BCUT2D eigenvalue weighted by molar-refractivity contribution is 7.15. The molecule has 3 aromatic heterocycles. The highest BCUT2D eigenvalue weighted by atomic mass is 32.1. The van der Waals surface area contributed by atoms with Crippen LogP contribution in [0.3, 0.4) is 0 Å². The Kier molecular flexibility index (Phi) is 6.96. The van der Waals surface area contributed by atoms with E-state index in [1.54, 1.807) is 11.3 Å². The van der Waals surface area contributed by atoms with Crippen molar-refractivity contribution in [2.75, 3.05) is 18.4 Å². The highest BCUT2D eigenvalue weighted by Gasteiger charge is 2.20. The molecule has 0 saturated carbocycles. The lowest BCUT2D eigenvalue weighted by atomic mass is 9.92. The van der Waals surface area contributed by atoms with Gasteiger partial charge in [0, 0.05) is 36.6 Å². The number of pyridine rings is 1. The SMILES string of the molecule is CCc1ncc(CN2CCC(Cc3cccc(Nc4nnc(CC)s4)n3)CC2)cn1. The Balaban J connectivity index is 1.27. The lowest BCUT2D eigenvalue weighted by molar-refractivity contribution is 0.176. The van der Waals surface area contributed by atoms with E-state index < -0.39 is 0 Å². The fourth-order valence-corrected chi connectivity index (χ4v) is 4.45. The monoisotopic (exact) mass is 423 g/mol. The summed E-state index contributed by atoms with van der Waals surface area (Å²) < 4.78 is 0. The fourth-order valence-electron chi connectivity index (χ4n) is 3.77. The number of hydrogen-bond acceptors (Lipinski definition) is 8. The summed E-state index contributed by atoms with van der Waals surface area (Å²) in [6.45, 7) is 7.34. The number of aromatic nitrogens is 5. The Morgan fingerprint density at radius 2 is 1.87 bits per heavy atom. The first kappa shape index (κ1) is 20.8. The van der Waals surface area contributed by atoms with E-state index in [2.05, 4.69) is 56.4 Å². The Morgan fingerprint density at radius 1 is 1.07 bits per heavy atom. The predicted molar refractivity (Wildman–Crippen MR) is 120 cm³/mol. The molecule has 1 aliphatic rings. The number of nitrogens with one attached hydrogen (secondary N) is 1. The third-order valence-electron chi connectivity index (χ3n) is 5.50. The number of aryl methyl sites for hydroxylation is 2. The molecule has 0 aliphatic carbocycles. The minimum Gasteiger partial charge on any atom is -0.315 e. The molecule has 0 amide bonds. The summed E-state index contributed by atoms with van der Waals surface area (Å²) in [5.74, 6) is 2.44. The minimum atomic E-state index is 0.677. The topological polar surface area (TPSA) is 79.7 Å². The summed E-state index contributed by atoms with van der Waals surface area (Å²) in [4.78, 5) is 16.1. The van der Waals surface area contributed by atoms with Crippen molar-refractivity contribution >= 4 is 22.3 Å². The van der Waals surface area contributed by atoms with Crippen molar-refractivity contribution in [2.45, 2.75) is 52.5 Å². The number of piperidine rings is 1. The van der Waals surface area contributed by atoms with Crippen molar-refractivity contribution in [3.63, 3.8) is 0 Å². The molecule has 0 atom stereocenters. The van der Waals surface area contributed by atoms with Crippen LogP contribution in [0.2, 0.25) is 0 Å². The van der Waals surface area contributed by atoms with E-state index in [0.717, 1.165) is 66.4 Å². The maximum absolute atomic E-state index is 4.80. The standard InChI is InChI=1S/C22H29N7S/c1-3-19-23-13-17(14-24-19)15-29-10-8-16(9-11-29)12-18-6-5-7-20(25-18)26-22-28-27-21(4-2)30-22/h5-7,13-14,16H,3-4,8-12,15H2,1-2H3,(H,25,26,28). The van der Waals surface area contributed by atoms with Crippen LogP contribution in [-0.2, 0) is 25.8 Å². The maximum Gasteiger partial charge on any atom is 0.211 e. The van der Waals surface area contributed by atoms with Crippen LogP contribution in [-0.4, -0.2) is 43.1 Å². The van der Waals surface area contributed by atoms with Gasteiger partial charge in [0.25, 0.3) is 0 Å². The van der Waals surface area contributed by atoms with Crippen molar-refractivity contribution in [1.29, 1.82) is 0 Å². The van der Waals surface area contributed by atoms with Crippen molar-refractivity contribution in [2.24, 2.45) is 5.92 Å². The van der Waals surface area contributed by atoms with E-state index in [1.165, 1.54) is 18.4 Å². The molecule has 1 saturated heterocycles. The summed E-state index contributed by atoms with van der Waals surface area (Å²) in [5.41, 5.74) is 2.34. The van der Waals surface area contributed by atoms with E-state index in [4.69, 9.17) is 4.98 Å². The quantitative estimate of drug-likeness (QED) is 0.585. The van der Waals surface area contributed by atoms with E-state index in [1.807, 2.05) is 18.5 Å². The largest absolute Gasteiger partial charge is 0.315 e. The summed E-state index contributed by atoms with van der Waals surface area (Å²) in [5, 5.41) is 13.5. The molecular formula is C22H29N7S. The van der Waals surface area contributed by atoms with E-state index in [9.17, 15) is 0 Å². The molecule has 0 aromatic carbocycles. The first-order valence-electron chi connectivity index (χ1n) is 10.8. The first-order chi connectivity index (χ1) is 14.7. The number of rotatable bonds is 8. The van der Waals surface area contributed by atoms with Gasteiger partial charge in [-0.25, -0.2) is 15.0 Å². The van der Waals surface area contributed by atoms with Crippen LogP contribution in [0.5, 0.6) is 0 Å². The van der Waals surface area contributed by atoms with Crippen molar-refractivity contribution in [3.8, 4) is 0 Å². The van der Waals surface area contributed by atoms with Gasteiger partial charge in [0.1, 0.15) is 16.6 Å². The third kappa shape index (κ3) is 5.58. The van der Waals surface area contributed by atoms with Gasteiger partial charge < -0.3 is 5.32 Å². The molecule has 1 fully saturated rings. The summed E-state index contributed by atoms with van der Waals surface area (Å²) in [6, 6.07) is 6.19. The van der Waals surface area contributed by atoms with Gasteiger partial charge in [-0.1, -0.05) is 31.3 Å². The molecule has 0 unspecified atom stereocenters. The smallest absolute Gasteiger partial charge is 0.211 e. The second-order valence-electron chi connectivity index (χ2n) is 7.78. The van der Waals surface area contributed by atoms with Gasteiger partial charge in [-0.2, -0.15) is 0 Å². The molecule has 0 radical (unpaired) electrons. The zero-order valence-corrected chi connectivity index (χ0v) is 18.5. The first-order valence-corrected chi connectivity index (χ1v) is 11.6. The predicted octanol–water partition coefficient (Wildman–Crippen LogP) is 4.05. The zero-order chi connectivity index (χ0) is 20.8. The minimum absolute atomic E-state index is 0.677. The second-order valence-corrected chi connectivity index (χ2v) is 8.84. The van der Waals surface area contributed by atoms with Gasteiger partial charge in [0.15, 0.2) is 0 Å². The van der Waals surface area contributed by atoms with Crippen LogP contribution in [0.15, 0.2) is 30.6 Å². The average Bonchev–Trinajstić information content (AvgIpc) is 3.23. The summed E-state index contributed by atoms with van der Waals surface area (Å²) in [7, 11) is 0. The number of likely N-dealkylation sites (tertiary alicyclic amines) is 1. The summed E-state index contributed by atoms with van der Waals surface area (Å²) in [6.07, 6.45) is 9.16. The molecule has 0 bridgehead atoms. The Labute approximate surface area is 182 Å². The Hall–Kier alpha value is -2.45. The van der Waals surface area contributed by atoms with Crippen LogP contribution in [0.25, 0.3) is 0 Å².